The molecule has 0 spiro atoms. The summed E-state index contributed by atoms with van der Waals surface area (Å²) in [5.74, 6) is 1.46. The van der Waals surface area contributed by atoms with Crippen LogP contribution in [-0.4, -0.2) is 0 Å². The first-order valence-electron chi connectivity index (χ1n) is 8.86. The molecular formula is C24H18. The first kappa shape index (κ1) is 12.8. The third-order valence-corrected chi connectivity index (χ3v) is 6.03. The fourth-order valence-electron chi connectivity index (χ4n) is 4.84. The van der Waals surface area contributed by atoms with Crippen LogP contribution in [0.1, 0.15) is 34.9 Å². The maximum atomic E-state index is 2.41. The second-order valence-electron chi connectivity index (χ2n) is 7.45. The number of rotatable bonds is 0. The van der Waals surface area contributed by atoms with Crippen molar-refractivity contribution in [3.8, 4) is 11.1 Å². The summed E-state index contributed by atoms with van der Waals surface area (Å²) in [7, 11) is 0. The SMILES string of the molecule is Cc1ccc2c(c1)C1CC1c1c-2ccc2c1ccc1ccccc12. The van der Waals surface area contributed by atoms with Gasteiger partial charge in [-0.05, 0) is 69.0 Å². The molecule has 6 rings (SSSR count). The summed E-state index contributed by atoms with van der Waals surface area (Å²) in [5, 5.41) is 5.59. The molecule has 0 saturated heterocycles. The summed E-state index contributed by atoms with van der Waals surface area (Å²) in [4.78, 5) is 0. The molecular weight excluding hydrogens is 288 g/mol. The van der Waals surface area contributed by atoms with Crippen LogP contribution in [0.2, 0.25) is 0 Å². The zero-order chi connectivity index (χ0) is 15.8. The molecule has 114 valence electrons. The van der Waals surface area contributed by atoms with E-state index in [4.69, 9.17) is 0 Å². The van der Waals surface area contributed by atoms with Crippen molar-refractivity contribution in [1.29, 1.82) is 0 Å². The van der Waals surface area contributed by atoms with Crippen molar-refractivity contribution in [3.05, 3.63) is 83.4 Å². The molecule has 0 aromatic heterocycles. The van der Waals surface area contributed by atoms with Crippen molar-refractivity contribution in [2.75, 3.05) is 0 Å². The molecule has 0 radical (unpaired) electrons. The van der Waals surface area contributed by atoms with E-state index in [0.717, 1.165) is 11.8 Å². The van der Waals surface area contributed by atoms with Crippen LogP contribution in [0.3, 0.4) is 0 Å². The highest BCUT2D eigenvalue weighted by Crippen LogP contribution is 2.63. The topological polar surface area (TPSA) is 0 Å². The van der Waals surface area contributed by atoms with E-state index in [-0.39, 0.29) is 0 Å². The monoisotopic (exact) mass is 306 g/mol. The highest BCUT2D eigenvalue weighted by molar-refractivity contribution is 6.10. The van der Waals surface area contributed by atoms with Crippen molar-refractivity contribution in [1.82, 2.24) is 0 Å². The zero-order valence-electron chi connectivity index (χ0n) is 13.7. The Labute approximate surface area is 141 Å². The van der Waals surface area contributed by atoms with Crippen LogP contribution in [0.4, 0.5) is 0 Å². The number of benzene rings is 4. The molecule has 0 heteroatoms. The van der Waals surface area contributed by atoms with E-state index in [1.54, 1.807) is 11.1 Å². The number of fused-ring (bicyclic) bond motifs is 10. The smallest absolute Gasteiger partial charge is 0.00743 e. The molecule has 2 atom stereocenters. The fourth-order valence-corrected chi connectivity index (χ4v) is 4.84. The molecule has 0 bridgehead atoms. The molecule has 0 nitrogen and oxygen atoms in total. The van der Waals surface area contributed by atoms with Crippen LogP contribution in [0, 0.1) is 6.92 Å². The lowest BCUT2D eigenvalue weighted by atomic mass is 9.82. The maximum Gasteiger partial charge on any atom is -0.00743 e. The van der Waals surface area contributed by atoms with Gasteiger partial charge in [0.15, 0.2) is 0 Å². The third-order valence-electron chi connectivity index (χ3n) is 6.03. The Morgan fingerprint density at radius 3 is 2.50 bits per heavy atom. The predicted molar refractivity (Wildman–Crippen MR) is 102 cm³/mol. The molecule has 1 fully saturated rings. The lowest BCUT2D eigenvalue weighted by Crippen LogP contribution is -2.01. The maximum absolute atomic E-state index is 2.41. The van der Waals surface area contributed by atoms with Gasteiger partial charge in [0.05, 0.1) is 0 Å². The normalized spacial score (nSPS) is 20.5. The van der Waals surface area contributed by atoms with Crippen LogP contribution in [0.15, 0.2) is 66.7 Å². The highest BCUT2D eigenvalue weighted by Gasteiger charge is 2.46. The quantitative estimate of drug-likeness (QED) is 0.323. The molecule has 24 heavy (non-hydrogen) atoms. The minimum absolute atomic E-state index is 0.721. The standard InChI is InChI=1S/C24H18/c1-14-6-8-18-20-11-10-17-16-5-3-2-4-15(16)7-9-19(17)24(20)23-13-22(23)21(18)12-14/h2-12,22-23H,13H2,1H3. The summed E-state index contributed by atoms with van der Waals surface area (Å²) in [5.41, 5.74) is 7.48. The van der Waals surface area contributed by atoms with E-state index in [0.29, 0.717) is 0 Å². The lowest BCUT2D eigenvalue weighted by molar-refractivity contribution is 1.01. The highest BCUT2D eigenvalue weighted by atomic mass is 14.5. The molecule has 4 aromatic carbocycles. The first-order chi connectivity index (χ1) is 11.8. The van der Waals surface area contributed by atoms with Gasteiger partial charge in [-0.25, -0.2) is 0 Å². The Balaban J connectivity index is 1.74. The Hall–Kier alpha value is -2.60. The van der Waals surface area contributed by atoms with Crippen LogP contribution in [-0.2, 0) is 0 Å². The number of hydrogen-bond donors (Lipinski definition) is 0. The minimum atomic E-state index is 0.721. The molecule has 1 saturated carbocycles. The Kier molecular flexibility index (Phi) is 2.27. The lowest BCUT2D eigenvalue weighted by Gasteiger charge is -2.22. The van der Waals surface area contributed by atoms with Gasteiger partial charge in [0, 0.05) is 0 Å². The van der Waals surface area contributed by atoms with Gasteiger partial charge in [0.2, 0.25) is 0 Å². The van der Waals surface area contributed by atoms with Crippen molar-refractivity contribution >= 4 is 21.5 Å². The fraction of sp³-hybridized carbons (Fsp3) is 0.167. The Morgan fingerprint density at radius 2 is 1.54 bits per heavy atom. The third kappa shape index (κ3) is 1.54. The van der Waals surface area contributed by atoms with Crippen molar-refractivity contribution in [2.24, 2.45) is 0 Å². The van der Waals surface area contributed by atoms with E-state index < -0.39 is 0 Å². The van der Waals surface area contributed by atoms with E-state index in [2.05, 4.69) is 73.7 Å². The van der Waals surface area contributed by atoms with Crippen LogP contribution in [0.5, 0.6) is 0 Å². The van der Waals surface area contributed by atoms with E-state index in [1.807, 2.05) is 0 Å². The number of hydrogen-bond acceptors (Lipinski definition) is 0. The Morgan fingerprint density at radius 1 is 0.708 bits per heavy atom. The minimum Gasteiger partial charge on any atom is -0.0616 e. The van der Waals surface area contributed by atoms with E-state index in [9.17, 15) is 0 Å². The molecule has 4 aromatic rings. The first-order valence-corrected chi connectivity index (χ1v) is 8.86. The van der Waals surface area contributed by atoms with Crippen LogP contribution >= 0.6 is 0 Å². The van der Waals surface area contributed by atoms with Gasteiger partial charge in [-0.1, -0.05) is 72.3 Å². The molecule has 0 amide bonds. The molecule has 2 aliphatic carbocycles. The van der Waals surface area contributed by atoms with Gasteiger partial charge < -0.3 is 0 Å². The Bertz CT molecular complexity index is 1150. The molecule has 0 heterocycles. The predicted octanol–water partition coefficient (Wildman–Crippen LogP) is 6.55. The summed E-state index contributed by atoms with van der Waals surface area (Å²) in [6.45, 7) is 2.21. The summed E-state index contributed by atoms with van der Waals surface area (Å²) >= 11 is 0. The number of aryl methyl sites for hydroxylation is 1. The van der Waals surface area contributed by atoms with Gasteiger partial charge in [0.25, 0.3) is 0 Å². The van der Waals surface area contributed by atoms with Crippen molar-refractivity contribution < 1.29 is 0 Å². The van der Waals surface area contributed by atoms with Gasteiger partial charge in [0.1, 0.15) is 0 Å². The molecule has 0 aliphatic heterocycles. The second kappa shape index (κ2) is 4.27. The van der Waals surface area contributed by atoms with Gasteiger partial charge in [-0.15, -0.1) is 0 Å². The van der Waals surface area contributed by atoms with E-state index >= 15 is 0 Å². The zero-order valence-corrected chi connectivity index (χ0v) is 13.7. The summed E-state index contributed by atoms with van der Waals surface area (Å²) < 4.78 is 0. The summed E-state index contributed by atoms with van der Waals surface area (Å²) in [6.07, 6.45) is 1.31. The average molecular weight is 306 g/mol. The molecule has 2 aliphatic rings. The van der Waals surface area contributed by atoms with Crippen LogP contribution in [0.25, 0.3) is 32.7 Å². The van der Waals surface area contributed by atoms with Gasteiger partial charge >= 0.3 is 0 Å². The van der Waals surface area contributed by atoms with Gasteiger partial charge in [-0.3, -0.25) is 0 Å². The largest absolute Gasteiger partial charge is 0.0616 e. The van der Waals surface area contributed by atoms with Crippen LogP contribution < -0.4 is 0 Å². The molecule has 2 unspecified atom stereocenters. The van der Waals surface area contributed by atoms with E-state index in [1.165, 1.54) is 44.7 Å². The molecule has 0 N–H and O–H groups in total. The second-order valence-corrected chi connectivity index (χ2v) is 7.45. The average Bonchev–Trinajstić information content (AvgIpc) is 3.41. The van der Waals surface area contributed by atoms with Gasteiger partial charge in [-0.2, -0.15) is 0 Å². The van der Waals surface area contributed by atoms with Crippen molar-refractivity contribution in [2.45, 2.75) is 25.2 Å². The summed E-state index contributed by atoms with van der Waals surface area (Å²) in [6, 6.07) is 25.1. The van der Waals surface area contributed by atoms with Crippen molar-refractivity contribution in [3.63, 3.8) is 0 Å².